The Labute approximate surface area is 218 Å². The van der Waals surface area contributed by atoms with Gasteiger partial charge in [0.2, 0.25) is 0 Å². The van der Waals surface area contributed by atoms with Gasteiger partial charge in [-0.1, -0.05) is 29.3 Å². The number of aromatic nitrogens is 2. The second kappa shape index (κ2) is 10.0. The number of sulfonamides is 1. The Hall–Kier alpha value is -3.23. The molecular weight excluding hydrogens is 525 g/mol. The van der Waals surface area contributed by atoms with Crippen LogP contribution in [0.3, 0.4) is 0 Å². The van der Waals surface area contributed by atoms with Gasteiger partial charge in [-0.15, -0.1) is 5.73 Å². The molecule has 2 aliphatic rings. The summed E-state index contributed by atoms with van der Waals surface area (Å²) in [6.45, 7) is 1.13. The average Bonchev–Trinajstić information content (AvgIpc) is 3.27. The molecule has 2 aromatic carbocycles. The molecule has 8 nitrogen and oxygen atoms in total. The Morgan fingerprint density at radius 1 is 1.11 bits per heavy atom. The molecule has 0 atom stereocenters. The van der Waals surface area contributed by atoms with Gasteiger partial charge in [-0.25, -0.2) is 13.1 Å². The minimum atomic E-state index is -4.11. The fourth-order valence-electron chi connectivity index (χ4n) is 4.17. The minimum absolute atomic E-state index is 0.0981. The zero-order valence-electron chi connectivity index (χ0n) is 19.0. The van der Waals surface area contributed by atoms with E-state index in [9.17, 15) is 13.2 Å². The fraction of sp³-hybridized carbons (Fsp3) is 0.240. The van der Waals surface area contributed by atoms with Gasteiger partial charge in [-0.05, 0) is 54.7 Å². The van der Waals surface area contributed by atoms with Crippen molar-refractivity contribution in [1.82, 2.24) is 14.5 Å². The smallest absolute Gasteiger partial charge is 0.265 e. The SMILES string of the molecule is O=C(C=C=C1CCCc2cnn(Cc3ccc(Cl)cc3Cl)c21)NS(=O)(=O)c1ccc2c(c1)OCCO2. The molecule has 36 heavy (non-hydrogen) atoms. The van der Waals surface area contributed by atoms with Crippen molar-refractivity contribution in [3.8, 4) is 11.5 Å². The van der Waals surface area contributed by atoms with Crippen molar-refractivity contribution in [3.63, 3.8) is 0 Å². The van der Waals surface area contributed by atoms with E-state index in [0.29, 0.717) is 47.7 Å². The van der Waals surface area contributed by atoms with Crippen LogP contribution in [0.25, 0.3) is 5.57 Å². The summed E-state index contributed by atoms with van der Waals surface area (Å²) in [5, 5.41) is 5.58. The van der Waals surface area contributed by atoms with Crippen LogP contribution in [0.1, 0.15) is 29.7 Å². The number of ether oxygens (including phenoxy) is 2. The van der Waals surface area contributed by atoms with Crippen LogP contribution in [-0.2, 0) is 27.8 Å². The van der Waals surface area contributed by atoms with Crippen molar-refractivity contribution in [1.29, 1.82) is 0 Å². The van der Waals surface area contributed by atoms with Crippen LogP contribution in [-0.4, -0.2) is 37.3 Å². The Kier molecular flexibility index (Phi) is 6.81. The summed E-state index contributed by atoms with van der Waals surface area (Å²) >= 11 is 12.3. The lowest BCUT2D eigenvalue weighted by Gasteiger charge is -2.18. The highest BCUT2D eigenvalue weighted by Crippen LogP contribution is 2.33. The van der Waals surface area contributed by atoms with Crippen LogP contribution in [0.5, 0.6) is 11.5 Å². The molecular formula is C25H21Cl2N3O5S. The number of nitrogens with zero attached hydrogens (tertiary/aromatic N) is 2. The molecule has 1 aromatic heterocycles. The normalized spacial score (nSPS) is 14.6. The summed E-state index contributed by atoms with van der Waals surface area (Å²) in [5.74, 6) is -0.0323. The van der Waals surface area contributed by atoms with Gasteiger partial charge in [0, 0.05) is 27.8 Å². The summed E-state index contributed by atoms with van der Waals surface area (Å²) in [4.78, 5) is 12.4. The van der Waals surface area contributed by atoms with Gasteiger partial charge in [0.1, 0.15) is 13.2 Å². The van der Waals surface area contributed by atoms with Crippen molar-refractivity contribution in [3.05, 3.63) is 81.3 Å². The van der Waals surface area contributed by atoms with Gasteiger partial charge in [-0.3, -0.25) is 9.48 Å². The number of hydrogen-bond donors (Lipinski definition) is 1. The highest BCUT2D eigenvalue weighted by atomic mass is 35.5. The number of benzene rings is 2. The molecule has 5 rings (SSSR count). The van der Waals surface area contributed by atoms with Crippen molar-refractivity contribution in [2.75, 3.05) is 13.2 Å². The van der Waals surface area contributed by atoms with E-state index < -0.39 is 15.9 Å². The average molecular weight is 546 g/mol. The maximum atomic E-state index is 12.7. The third-order valence-corrected chi connectivity index (χ3v) is 7.78. The highest BCUT2D eigenvalue weighted by molar-refractivity contribution is 7.90. The minimum Gasteiger partial charge on any atom is -0.486 e. The molecule has 1 aliphatic carbocycles. The quantitative estimate of drug-likeness (QED) is 0.377. The number of hydrogen-bond acceptors (Lipinski definition) is 6. The van der Waals surface area contributed by atoms with Crippen molar-refractivity contribution >= 4 is 44.7 Å². The largest absolute Gasteiger partial charge is 0.486 e. The molecule has 0 saturated carbocycles. The van der Waals surface area contributed by atoms with Gasteiger partial charge in [0.05, 0.1) is 23.3 Å². The van der Waals surface area contributed by atoms with E-state index in [1.54, 1.807) is 18.3 Å². The Bertz CT molecular complexity index is 1520. The summed E-state index contributed by atoms with van der Waals surface area (Å²) in [6, 6.07) is 9.48. The number of nitrogens with one attached hydrogen (secondary N) is 1. The van der Waals surface area contributed by atoms with Crippen LogP contribution in [0.2, 0.25) is 10.0 Å². The molecule has 3 aromatic rings. The predicted octanol–water partition coefficient (Wildman–Crippen LogP) is 4.39. The molecule has 0 saturated heterocycles. The van der Waals surface area contributed by atoms with Crippen LogP contribution in [0.4, 0.5) is 0 Å². The molecule has 0 bridgehead atoms. The Morgan fingerprint density at radius 2 is 1.92 bits per heavy atom. The second-order valence-corrected chi connectivity index (χ2v) is 10.8. The van der Waals surface area contributed by atoms with Crippen molar-refractivity contribution < 1.29 is 22.7 Å². The molecule has 1 aliphatic heterocycles. The van der Waals surface area contributed by atoms with Gasteiger partial charge >= 0.3 is 0 Å². The molecule has 0 spiro atoms. The van der Waals surface area contributed by atoms with E-state index in [-0.39, 0.29) is 4.90 Å². The van der Waals surface area contributed by atoms with Crippen molar-refractivity contribution in [2.24, 2.45) is 0 Å². The number of aryl methyl sites for hydroxylation is 1. The van der Waals surface area contributed by atoms with Crippen LogP contribution < -0.4 is 14.2 Å². The molecule has 0 fully saturated rings. The summed E-state index contributed by atoms with van der Waals surface area (Å²) < 4.78 is 40.2. The predicted molar refractivity (Wildman–Crippen MR) is 135 cm³/mol. The van der Waals surface area contributed by atoms with Crippen LogP contribution in [0, 0.1) is 0 Å². The lowest BCUT2D eigenvalue weighted by molar-refractivity contribution is -0.114. The first kappa shape index (κ1) is 24.5. The maximum Gasteiger partial charge on any atom is 0.265 e. The summed E-state index contributed by atoms with van der Waals surface area (Å²) in [7, 11) is -4.11. The van der Waals surface area contributed by atoms with E-state index in [0.717, 1.165) is 41.3 Å². The summed E-state index contributed by atoms with van der Waals surface area (Å²) in [6.07, 6.45) is 5.29. The number of rotatable bonds is 5. The maximum absolute atomic E-state index is 12.7. The Balaban J connectivity index is 1.38. The molecule has 1 amide bonds. The lowest BCUT2D eigenvalue weighted by Crippen LogP contribution is -2.29. The van der Waals surface area contributed by atoms with Gasteiger partial charge in [0.25, 0.3) is 15.9 Å². The zero-order chi connectivity index (χ0) is 25.3. The number of halogens is 2. The lowest BCUT2D eigenvalue weighted by atomic mass is 9.93. The van der Waals surface area contributed by atoms with Gasteiger partial charge in [-0.2, -0.15) is 5.10 Å². The third kappa shape index (κ3) is 5.15. The molecule has 0 radical (unpaired) electrons. The topological polar surface area (TPSA) is 99.5 Å². The Morgan fingerprint density at radius 3 is 2.72 bits per heavy atom. The fourth-order valence-corrected chi connectivity index (χ4v) is 5.59. The number of amides is 1. The molecule has 1 N–H and O–H groups in total. The molecule has 2 heterocycles. The van der Waals surface area contributed by atoms with E-state index in [2.05, 4.69) is 15.6 Å². The van der Waals surface area contributed by atoms with Gasteiger partial charge < -0.3 is 9.47 Å². The third-order valence-electron chi connectivity index (χ3n) is 5.85. The van der Waals surface area contributed by atoms with Crippen LogP contribution in [0.15, 0.2) is 59.3 Å². The molecule has 0 unspecified atom stereocenters. The molecule has 186 valence electrons. The first-order valence-electron chi connectivity index (χ1n) is 11.2. The first-order chi connectivity index (χ1) is 17.3. The van der Waals surface area contributed by atoms with E-state index >= 15 is 0 Å². The standard InChI is InChI=1S/C25H21Cl2N3O5S/c26-19-6-4-18(21(27)12-19)15-30-25-16(2-1-3-17(25)14-28-30)5-9-24(31)29-36(32,33)20-7-8-22-23(13-20)35-11-10-34-22/h4,6-9,12-14H,1-3,10-11,15H2,(H,29,31). The number of carbonyl (C=O) groups excluding carboxylic acids is 1. The van der Waals surface area contributed by atoms with Crippen LogP contribution >= 0.6 is 23.2 Å². The first-order valence-corrected chi connectivity index (χ1v) is 13.4. The zero-order valence-corrected chi connectivity index (χ0v) is 21.3. The van der Waals surface area contributed by atoms with Crippen molar-refractivity contribution in [2.45, 2.75) is 30.7 Å². The van der Waals surface area contributed by atoms with E-state index in [1.165, 1.54) is 18.2 Å². The van der Waals surface area contributed by atoms with E-state index in [1.807, 2.05) is 10.7 Å². The second-order valence-electron chi connectivity index (χ2n) is 8.31. The monoisotopic (exact) mass is 545 g/mol. The number of fused-ring (bicyclic) bond motifs is 2. The highest BCUT2D eigenvalue weighted by Gasteiger charge is 2.22. The number of carbonyl (C=O) groups is 1. The van der Waals surface area contributed by atoms with E-state index in [4.69, 9.17) is 32.7 Å². The molecule has 11 heteroatoms. The van der Waals surface area contributed by atoms with Gasteiger partial charge in [0.15, 0.2) is 11.5 Å². The summed E-state index contributed by atoms with van der Waals surface area (Å²) in [5.41, 5.74) is 6.50.